The second kappa shape index (κ2) is 5.87. The van der Waals surface area contributed by atoms with Crippen molar-refractivity contribution in [2.45, 2.75) is 19.1 Å². The summed E-state index contributed by atoms with van der Waals surface area (Å²) in [7, 11) is 1.78. The molecule has 0 spiro atoms. The highest BCUT2D eigenvalue weighted by atomic mass is 16.5. The van der Waals surface area contributed by atoms with Crippen molar-refractivity contribution in [3.05, 3.63) is 12.2 Å². The molecule has 0 radical (unpaired) electrons. The largest absolute Gasteiger partial charge is 0.479 e. The molecule has 2 rings (SSSR count). The van der Waals surface area contributed by atoms with E-state index in [2.05, 4.69) is 15.5 Å². The Morgan fingerprint density at radius 1 is 1.60 bits per heavy atom. The van der Waals surface area contributed by atoms with E-state index in [9.17, 15) is 9.59 Å². The minimum Gasteiger partial charge on any atom is -0.479 e. The third kappa shape index (κ3) is 3.05. The van der Waals surface area contributed by atoms with Crippen molar-refractivity contribution in [1.29, 1.82) is 0 Å². The summed E-state index contributed by atoms with van der Waals surface area (Å²) in [5.41, 5.74) is 0. The van der Waals surface area contributed by atoms with Crippen LogP contribution in [-0.2, 0) is 16.6 Å². The molecule has 0 bridgehead atoms. The number of carbonyl (C=O) groups excluding carboxylic acids is 1. The highest BCUT2D eigenvalue weighted by molar-refractivity contribution is 5.77. The summed E-state index contributed by atoms with van der Waals surface area (Å²) < 4.78 is 6.78. The molecule has 1 saturated heterocycles. The van der Waals surface area contributed by atoms with E-state index in [1.54, 1.807) is 24.9 Å². The molecular formula is C11H17N5O4. The number of urea groups is 1. The molecule has 2 N–H and O–H groups in total. The third-order valence-electron chi connectivity index (χ3n) is 3.10. The molecule has 1 aromatic heterocycles. The summed E-state index contributed by atoms with van der Waals surface area (Å²) in [4.78, 5) is 24.4. The molecule has 0 aliphatic carbocycles. The Kier molecular flexibility index (Phi) is 4.18. The molecule has 0 aromatic carbocycles. The fourth-order valence-corrected chi connectivity index (χ4v) is 2.01. The maximum Gasteiger partial charge on any atom is 0.334 e. The lowest BCUT2D eigenvalue weighted by Gasteiger charge is -2.31. The predicted octanol–water partition coefficient (Wildman–Crippen LogP) is -0.629. The van der Waals surface area contributed by atoms with Gasteiger partial charge in [-0.1, -0.05) is 0 Å². The maximum atomic E-state index is 12.1. The number of carbonyl (C=O) groups is 2. The number of aromatic nitrogens is 3. The van der Waals surface area contributed by atoms with Crippen molar-refractivity contribution in [3.8, 4) is 0 Å². The number of hydrogen-bond acceptors (Lipinski definition) is 5. The van der Waals surface area contributed by atoms with E-state index in [0.717, 1.165) is 0 Å². The summed E-state index contributed by atoms with van der Waals surface area (Å²) in [6, 6.07) is -0.656. The number of aliphatic carboxylic acids is 1. The highest BCUT2D eigenvalue weighted by Gasteiger charge is 2.29. The molecule has 1 aliphatic heterocycles. The first-order valence-corrected chi connectivity index (χ1v) is 6.22. The molecule has 20 heavy (non-hydrogen) atoms. The summed E-state index contributed by atoms with van der Waals surface area (Å²) >= 11 is 0. The standard InChI is InChI=1S/C11H17N5O4/c1-7(9-14-12-6-15(9)2)13-11(19)16-3-4-20-8(5-16)10(17)18/h6-8H,3-5H2,1-2H3,(H,13,19)(H,17,18). The summed E-state index contributed by atoms with van der Waals surface area (Å²) in [6.07, 6.45) is 0.576. The molecule has 1 aromatic rings. The number of aryl methyl sites for hydroxylation is 1. The van der Waals surface area contributed by atoms with Crippen LogP contribution in [0.4, 0.5) is 4.79 Å². The van der Waals surface area contributed by atoms with Crippen molar-refractivity contribution in [3.63, 3.8) is 0 Å². The lowest BCUT2D eigenvalue weighted by atomic mass is 10.2. The van der Waals surface area contributed by atoms with E-state index in [1.807, 2.05) is 0 Å². The van der Waals surface area contributed by atoms with Crippen LogP contribution in [0.3, 0.4) is 0 Å². The van der Waals surface area contributed by atoms with Crippen LogP contribution in [0.5, 0.6) is 0 Å². The molecule has 2 atom stereocenters. The van der Waals surface area contributed by atoms with E-state index < -0.39 is 12.1 Å². The normalized spacial score (nSPS) is 20.5. The topological polar surface area (TPSA) is 110 Å². The van der Waals surface area contributed by atoms with Gasteiger partial charge in [0.15, 0.2) is 11.9 Å². The van der Waals surface area contributed by atoms with Crippen LogP contribution in [0.15, 0.2) is 6.33 Å². The van der Waals surface area contributed by atoms with Crippen LogP contribution in [0.2, 0.25) is 0 Å². The molecule has 1 aliphatic rings. The molecule has 9 heteroatoms. The number of morpholine rings is 1. The Hall–Kier alpha value is -2.16. The zero-order valence-corrected chi connectivity index (χ0v) is 11.3. The molecule has 2 amide bonds. The quantitative estimate of drug-likeness (QED) is 0.764. The van der Waals surface area contributed by atoms with E-state index in [0.29, 0.717) is 12.4 Å². The first kappa shape index (κ1) is 14.3. The fourth-order valence-electron chi connectivity index (χ4n) is 2.01. The van der Waals surface area contributed by atoms with Gasteiger partial charge in [-0.15, -0.1) is 10.2 Å². The van der Waals surface area contributed by atoms with Gasteiger partial charge < -0.3 is 24.6 Å². The first-order chi connectivity index (χ1) is 9.49. The van der Waals surface area contributed by atoms with Crippen LogP contribution in [0.1, 0.15) is 18.8 Å². The monoisotopic (exact) mass is 283 g/mol. The molecular weight excluding hydrogens is 266 g/mol. The van der Waals surface area contributed by atoms with Gasteiger partial charge in [-0.05, 0) is 6.92 Å². The van der Waals surface area contributed by atoms with E-state index >= 15 is 0 Å². The van der Waals surface area contributed by atoms with Crippen LogP contribution in [0, 0.1) is 0 Å². The van der Waals surface area contributed by atoms with Crippen LogP contribution in [0.25, 0.3) is 0 Å². The summed E-state index contributed by atoms with van der Waals surface area (Å²) in [6.45, 7) is 2.40. The zero-order valence-electron chi connectivity index (χ0n) is 11.3. The third-order valence-corrected chi connectivity index (χ3v) is 3.10. The number of carboxylic acids is 1. The van der Waals surface area contributed by atoms with Gasteiger partial charge in [-0.2, -0.15) is 0 Å². The number of amides is 2. The average molecular weight is 283 g/mol. The predicted molar refractivity (Wildman–Crippen MR) is 66.9 cm³/mol. The first-order valence-electron chi connectivity index (χ1n) is 6.22. The van der Waals surface area contributed by atoms with E-state index in [4.69, 9.17) is 9.84 Å². The summed E-state index contributed by atoms with van der Waals surface area (Å²) in [5, 5.41) is 19.3. The second-order valence-corrected chi connectivity index (χ2v) is 4.61. The van der Waals surface area contributed by atoms with Gasteiger partial charge in [0, 0.05) is 13.6 Å². The number of nitrogens with one attached hydrogen (secondary N) is 1. The maximum absolute atomic E-state index is 12.1. The van der Waals surface area contributed by atoms with Gasteiger partial charge in [0.25, 0.3) is 0 Å². The van der Waals surface area contributed by atoms with Crippen molar-refractivity contribution >= 4 is 12.0 Å². The fraction of sp³-hybridized carbons (Fsp3) is 0.636. The summed E-state index contributed by atoms with van der Waals surface area (Å²) in [5.74, 6) is -0.440. The van der Waals surface area contributed by atoms with E-state index in [-0.39, 0.29) is 25.2 Å². The van der Waals surface area contributed by atoms with E-state index in [1.165, 1.54) is 4.90 Å². The van der Waals surface area contributed by atoms with Gasteiger partial charge >= 0.3 is 12.0 Å². The number of hydrogen-bond donors (Lipinski definition) is 2. The van der Waals surface area contributed by atoms with Gasteiger partial charge in [0.05, 0.1) is 19.2 Å². The van der Waals surface area contributed by atoms with Gasteiger partial charge in [0.1, 0.15) is 6.33 Å². The molecule has 110 valence electrons. The van der Waals surface area contributed by atoms with Crippen LogP contribution < -0.4 is 5.32 Å². The Morgan fingerprint density at radius 3 is 2.95 bits per heavy atom. The minimum absolute atomic E-state index is 0.0344. The van der Waals surface area contributed by atoms with Gasteiger partial charge in [-0.3, -0.25) is 0 Å². The van der Waals surface area contributed by atoms with Crippen molar-refractivity contribution in [2.75, 3.05) is 19.7 Å². The number of carboxylic acid groups (broad SMARTS) is 1. The van der Waals surface area contributed by atoms with Crippen molar-refractivity contribution < 1.29 is 19.4 Å². The second-order valence-electron chi connectivity index (χ2n) is 4.61. The molecule has 2 unspecified atom stereocenters. The molecule has 0 saturated carbocycles. The van der Waals surface area contributed by atoms with Crippen molar-refractivity contribution in [1.82, 2.24) is 25.0 Å². The highest BCUT2D eigenvalue weighted by Crippen LogP contribution is 2.10. The Bertz CT molecular complexity index is 503. The van der Waals surface area contributed by atoms with Crippen molar-refractivity contribution in [2.24, 2.45) is 7.05 Å². The average Bonchev–Trinajstić information content (AvgIpc) is 2.85. The minimum atomic E-state index is -1.07. The van der Waals surface area contributed by atoms with Crippen LogP contribution in [-0.4, -0.2) is 62.6 Å². The van der Waals surface area contributed by atoms with Crippen LogP contribution >= 0.6 is 0 Å². The smallest absolute Gasteiger partial charge is 0.334 e. The lowest BCUT2D eigenvalue weighted by molar-refractivity contribution is -0.154. The van der Waals surface area contributed by atoms with Gasteiger partial charge in [-0.25, -0.2) is 9.59 Å². The molecule has 9 nitrogen and oxygen atoms in total. The number of nitrogens with zero attached hydrogens (tertiary/aromatic N) is 4. The number of ether oxygens (including phenoxy) is 1. The zero-order chi connectivity index (χ0) is 14.7. The molecule has 2 heterocycles. The Morgan fingerprint density at radius 2 is 2.35 bits per heavy atom. The Balaban J connectivity index is 1.94. The molecule has 1 fully saturated rings. The number of rotatable bonds is 3. The SMILES string of the molecule is CC(NC(=O)N1CCOC(C(=O)O)C1)c1nncn1C. The Labute approximate surface area is 115 Å². The lowest BCUT2D eigenvalue weighted by Crippen LogP contribution is -2.52. The van der Waals surface area contributed by atoms with Gasteiger partial charge in [0.2, 0.25) is 0 Å².